The van der Waals surface area contributed by atoms with Crippen molar-refractivity contribution in [3.8, 4) is 0 Å². The molecule has 0 saturated carbocycles. The van der Waals surface area contributed by atoms with Gasteiger partial charge in [-0.3, -0.25) is 0 Å². The molecular formula is C17H20BrNS. The van der Waals surface area contributed by atoms with E-state index in [9.17, 15) is 0 Å². The highest BCUT2D eigenvalue weighted by atomic mass is 79.9. The van der Waals surface area contributed by atoms with E-state index in [4.69, 9.17) is 0 Å². The third kappa shape index (κ3) is 4.37. The van der Waals surface area contributed by atoms with Gasteiger partial charge >= 0.3 is 0 Å². The van der Waals surface area contributed by atoms with Crippen LogP contribution in [0.1, 0.15) is 24.1 Å². The van der Waals surface area contributed by atoms with Crippen molar-refractivity contribution in [2.75, 3.05) is 12.8 Å². The van der Waals surface area contributed by atoms with E-state index in [1.807, 2.05) is 18.8 Å². The Hall–Kier alpha value is -0.770. The van der Waals surface area contributed by atoms with Gasteiger partial charge in [0.15, 0.2) is 0 Å². The fraction of sp³-hybridized carbons (Fsp3) is 0.294. The van der Waals surface area contributed by atoms with Crippen LogP contribution in [0.2, 0.25) is 0 Å². The number of benzene rings is 2. The minimum Gasteiger partial charge on any atom is -0.313 e. The van der Waals surface area contributed by atoms with E-state index in [0.29, 0.717) is 6.04 Å². The maximum atomic E-state index is 3.48. The molecule has 0 saturated heterocycles. The Morgan fingerprint density at radius 2 is 1.70 bits per heavy atom. The van der Waals surface area contributed by atoms with Gasteiger partial charge in [-0.15, -0.1) is 11.8 Å². The van der Waals surface area contributed by atoms with Crippen molar-refractivity contribution in [1.29, 1.82) is 0 Å². The van der Waals surface area contributed by atoms with E-state index in [1.165, 1.54) is 16.0 Å². The molecule has 0 heterocycles. The molecule has 1 N–H and O–H groups in total. The molecule has 106 valence electrons. The smallest absolute Gasteiger partial charge is 0.0358 e. The van der Waals surface area contributed by atoms with Crippen LogP contribution in [0.25, 0.3) is 0 Å². The quantitative estimate of drug-likeness (QED) is 0.731. The summed E-state index contributed by atoms with van der Waals surface area (Å²) >= 11 is 5.36. The van der Waals surface area contributed by atoms with Gasteiger partial charge in [0, 0.05) is 15.4 Å². The Morgan fingerprint density at radius 1 is 1.05 bits per heavy atom. The van der Waals surface area contributed by atoms with Crippen LogP contribution < -0.4 is 5.32 Å². The first kappa shape index (κ1) is 15.6. The Labute approximate surface area is 134 Å². The molecule has 0 aliphatic carbocycles. The molecule has 0 spiro atoms. The highest BCUT2D eigenvalue weighted by molar-refractivity contribution is 9.10. The number of hydrogen-bond donors (Lipinski definition) is 1. The molecule has 3 heteroatoms. The van der Waals surface area contributed by atoms with Crippen LogP contribution >= 0.6 is 27.7 Å². The molecular weight excluding hydrogens is 330 g/mol. The molecule has 1 nitrogen and oxygen atoms in total. The van der Waals surface area contributed by atoms with Gasteiger partial charge in [-0.2, -0.15) is 0 Å². The average molecular weight is 350 g/mol. The molecule has 0 fully saturated rings. The number of nitrogens with one attached hydrogen (secondary N) is 1. The second kappa shape index (κ2) is 7.87. The van der Waals surface area contributed by atoms with Gasteiger partial charge in [-0.05, 0) is 54.6 Å². The lowest BCUT2D eigenvalue weighted by Gasteiger charge is -2.17. The first-order chi connectivity index (χ1) is 9.72. The third-order valence-corrected chi connectivity index (χ3v) is 4.72. The largest absolute Gasteiger partial charge is 0.313 e. The van der Waals surface area contributed by atoms with Crippen molar-refractivity contribution in [1.82, 2.24) is 5.32 Å². The Kier molecular flexibility index (Phi) is 6.14. The number of likely N-dealkylation sites (N-methyl/N-ethyl adjacent to an activating group) is 1. The van der Waals surface area contributed by atoms with Gasteiger partial charge in [0.1, 0.15) is 0 Å². The zero-order valence-electron chi connectivity index (χ0n) is 11.9. The van der Waals surface area contributed by atoms with Crippen molar-refractivity contribution in [3.05, 3.63) is 64.1 Å². The van der Waals surface area contributed by atoms with Gasteiger partial charge in [0.2, 0.25) is 0 Å². The second-order valence-electron chi connectivity index (χ2n) is 4.67. The maximum absolute atomic E-state index is 3.48. The van der Waals surface area contributed by atoms with Crippen LogP contribution in [-0.2, 0) is 6.42 Å². The summed E-state index contributed by atoms with van der Waals surface area (Å²) in [6.45, 7) is 2.18. The fourth-order valence-electron chi connectivity index (χ4n) is 2.21. The van der Waals surface area contributed by atoms with E-state index in [2.05, 4.69) is 76.7 Å². The van der Waals surface area contributed by atoms with Crippen molar-refractivity contribution in [2.24, 2.45) is 0 Å². The minimum absolute atomic E-state index is 0.358. The summed E-state index contributed by atoms with van der Waals surface area (Å²) in [5, 5.41) is 3.41. The summed E-state index contributed by atoms with van der Waals surface area (Å²) in [6, 6.07) is 17.8. The molecule has 0 bridgehead atoms. The lowest BCUT2D eigenvalue weighted by Crippen LogP contribution is -2.18. The SMILES string of the molecule is CCSc1ccc(C(Cc2ccc(Br)cc2)NC)cc1. The number of hydrogen-bond acceptors (Lipinski definition) is 2. The van der Waals surface area contributed by atoms with Crippen LogP contribution in [-0.4, -0.2) is 12.8 Å². The van der Waals surface area contributed by atoms with Crippen LogP contribution in [0.15, 0.2) is 57.9 Å². The molecule has 0 aromatic heterocycles. The lowest BCUT2D eigenvalue weighted by molar-refractivity contribution is 0.591. The van der Waals surface area contributed by atoms with Crippen molar-refractivity contribution < 1.29 is 0 Å². The molecule has 1 atom stereocenters. The maximum Gasteiger partial charge on any atom is 0.0358 e. The Morgan fingerprint density at radius 3 is 2.25 bits per heavy atom. The molecule has 2 aromatic carbocycles. The van der Waals surface area contributed by atoms with Crippen LogP contribution in [0.4, 0.5) is 0 Å². The molecule has 1 unspecified atom stereocenters. The highest BCUT2D eigenvalue weighted by Gasteiger charge is 2.10. The zero-order valence-corrected chi connectivity index (χ0v) is 14.3. The van der Waals surface area contributed by atoms with Gasteiger partial charge in [-0.1, -0.05) is 47.1 Å². The van der Waals surface area contributed by atoms with Crippen molar-refractivity contribution >= 4 is 27.7 Å². The number of halogens is 1. The summed E-state index contributed by atoms with van der Waals surface area (Å²) in [7, 11) is 2.03. The fourth-order valence-corrected chi connectivity index (χ4v) is 3.13. The minimum atomic E-state index is 0.358. The zero-order chi connectivity index (χ0) is 14.4. The molecule has 2 aromatic rings. The van der Waals surface area contributed by atoms with E-state index in [-0.39, 0.29) is 0 Å². The summed E-state index contributed by atoms with van der Waals surface area (Å²) < 4.78 is 1.13. The predicted molar refractivity (Wildman–Crippen MR) is 92.5 cm³/mol. The highest BCUT2D eigenvalue weighted by Crippen LogP contribution is 2.23. The predicted octanol–water partition coefficient (Wildman–Crippen LogP) is 5.06. The second-order valence-corrected chi connectivity index (χ2v) is 6.93. The number of rotatable bonds is 6. The third-order valence-electron chi connectivity index (χ3n) is 3.30. The Bertz CT molecular complexity index is 522. The molecule has 2 rings (SSSR count). The van der Waals surface area contributed by atoms with Gasteiger partial charge in [-0.25, -0.2) is 0 Å². The van der Waals surface area contributed by atoms with Gasteiger partial charge in [0.05, 0.1) is 0 Å². The Balaban J connectivity index is 2.09. The van der Waals surface area contributed by atoms with Gasteiger partial charge in [0.25, 0.3) is 0 Å². The number of thioether (sulfide) groups is 1. The average Bonchev–Trinajstić information content (AvgIpc) is 2.48. The van der Waals surface area contributed by atoms with Crippen molar-refractivity contribution in [2.45, 2.75) is 24.3 Å². The summed E-state index contributed by atoms with van der Waals surface area (Å²) in [5.41, 5.74) is 2.69. The lowest BCUT2D eigenvalue weighted by atomic mass is 9.99. The van der Waals surface area contributed by atoms with Crippen LogP contribution in [0.3, 0.4) is 0 Å². The molecule has 0 aliphatic rings. The van der Waals surface area contributed by atoms with E-state index in [0.717, 1.165) is 16.6 Å². The molecule has 0 radical (unpaired) electrons. The standard InChI is InChI=1S/C17H20BrNS/c1-3-20-16-10-6-14(7-11-16)17(19-2)12-13-4-8-15(18)9-5-13/h4-11,17,19H,3,12H2,1-2H3. The van der Waals surface area contributed by atoms with E-state index >= 15 is 0 Å². The van der Waals surface area contributed by atoms with E-state index < -0.39 is 0 Å². The summed E-state index contributed by atoms with van der Waals surface area (Å²) in [5.74, 6) is 1.12. The normalized spacial score (nSPS) is 12.3. The first-order valence-corrected chi connectivity index (χ1v) is 8.65. The van der Waals surface area contributed by atoms with E-state index in [1.54, 1.807) is 0 Å². The molecule has 20 heavy (non-hydrogen) atoms. The first-order valence-electron chi connectivity index (χ1n) is 6.87. The molecule has 0 aliphatic heterocycles. The van der Waals surface area contributed by atoms with Crippen LogP contribution in [0.5, 0.6) is 0 Å². The van der Waals surface area contributed by atoms with Crippen molar-refractivity contribution in [3.63, 3.8) is 0 Å². The monoisotopic (exact) mass is 349 g/mol. The summed E-state index contributed by atoms with van der Waals surface area (Å²) in [6.07, 6.45) is 1.00. The summed E-state index contributed by atoms with van der Waals surface area (Å²) in [4.78, 5) is 1.34. The topological polar surface area (TPSA) is 12.0 Å². The molecule has 0 amide bonds. The van der Waals surface area contributed by atoms with Crippen LogP contribution in [0, 0.1) is 0 Å². The van der Waals surface area contributed by atoms with Gasteiger partial charge < -0.3 is 5.32 Å².